The van der Waals surface area contributed by atoms with Crippen LogP contribution < -0.4 is 0 Å². The quantitative estimate of drug-likeness (QED) is 0.919. The fourth-order valence-electron chi connectivity index (χ4n) is 3.17. The summed E-state index contributed by atoms with van der Waals surface area (Å²) in [5, 5.41) is 13.7. The number of likely N-dealkylation sites (tertiary alicyclic amines) is 1. The lowest BCUT2D eigenvalue weighted by Crippen LogP contribution is -2.46. The van der Waals surface area contributed by atoms with Crippen LogP contribution in [0.5, 0.6) is 0 Å². The summed E-state index contributed by atoms with van der Waals surface area (Å²) >= 11 is 0. The molecule has 116 valence electrons. The van der Waals surface area contributed by atoms with Crippen LogP contribution in [0.15, 0.2) is 6.20 Å². The number of carboxylic acids is 1. The van der Waals surface area contributed by atoms with Crippen molar-refractivity contribution in [3.63, 3.8) is 0 Å². The first-order chi connectivity index (χ1) is 9.89. The zero-order valence-electron chi connectivity index (χ0n) is 12.9. The van der Waals surface area contributed by atoms with Crippen LogP contribution in [0.4, 0.5) is 0 Å². The van der Waals surface area contributed by atoms with Crippen LogP contribution >= 0.6 is 0 Å². The topological polar surface area (TPSA) is 75.4 Å². The zero-order chi connectivity index (χ0) is 15.6. The molecular weight excluding hydrogens is 270 g/mol. The molecule has 1 aromatic rings. The number of rotatable bonds is 4. The highest BCUT2D eigenvalue weighted by molar-refractivity contribution is 5.95. The van der Waals surface area contributed by atoms with E-state index in [-0.39, 0.29) is 5.91 Å². The zero-order valence-corrected chi connectivity index (χ0v) is 12.9. The summed E-state index contributed by atoms with van der Waals surface area (Å²) in [6.45, 7) is 4.82. The van der Waals surface area contributed by atoms with E-state index in [0.29, 0.717) is 43.6 Å². The maximum Gasteiger partial charge on any atom is 0.309 e. The molecule has 1 N–H and O–H groups in total. The summed E-state index contributed by atoms with van der Waals surface area (Å²) in [5.74, 6) is -0.773. The lowest BCUT2D eigenvalue weighted by molar-refractivity contribution is -0.152. The third-order valence-electron chi connectivity index (χ3n) is 4.43. The second-order valence-electron chi connectivity index (χ2n) is 5.93. The van der Waals surface area contributed by atoms with Gasteiger partial charge in [0, 0.05) is 26.3 Å². The number of aliphatic carboxylic acids is 1. The van der Waals surface area contributed by atoms with Crippen molar-refractivity contribution in [3.8, 4) is 0 Å². The Bertz CT molecular complexity index is 542. The summed E-state index contributed by atoms with van der Waals surface area (Å²) in [4.78, 5) is 25.8. The molecule has 2 heterocycles. The Morgan fingerprint density at radius 1 is 1.38 bits per heavy atom. The van der Waals surface area contributed by atoms with Gasteiger partial charge in [-0.1, -0.05) is 13.3 Å². The van der Waals surface area contributed by atoms with E-state index in [2.05, 4.69) is 5.10 Å². The van der Waals surface area contributed by atoms with Crippen molar-refractivity contribution in [1.29, 1.82) is 0 Å². The highest BCUT2D eigenvalue weighted by atomic mass is 16.4. The first kappa shape index (κ1) is 15.5. The van der Waals surface area contributed by atoms with Gasteiger partial charge in [0.05, 0.1) is 16.7 Å². The van der Waals surface area contributed by atoms with E-state index in [1.165, 1.54) is 0 Å². The SMILES string of the molecule is CCCC1(C(=O)O)CCN(C(=O)c2cn(C)nc2C)CC1. The minimum Gasteiger partial charge on any atom is -0.481 e. The van der Waals surface area contributed by atoms with Gasteiger partial charge in [0.2, 0.25) is 0 Å². The minimum atomic E-state index is -0.728. The van der Waals surface area contributed by atoms with Crippen LogP contribution in [0.3, 0.4) is 0 Å². The fourth-order valence-corrected chi connectivity index (χ4v) is 3.17. The summed E-state index contributed by atoms with van der Waals surface area (Å²) in [6.07, 6.45) is 4.31. The van der Waals surface area contributed by atoms with Crippen molar-refractivity contribution >= 4 is 11.9 Å². The largest absolute Gasteiger partial charge is 0.481 e. The van der Waals surface area contributed by atoms with Gasteiger partial charge in [0.1, 0.15) is 0 Å². The van der Waals surface area contributed by atoms with Crippen molar-refractivity contribution < 1.29 is 14.7 Å². The van der Waals surface area contributed by atoms with E-state index < -0.39 is 11.4 Å². The van der Waals surface area contributed by atoms with Gasteiger partial charge in [-0.25, -0.2) is 0 Å². The lowest BCUT2D eigenvalue weighted by Gasteiger charge is -2.38. The Labute approximate surface area is 124 Å². The third-order valence-corrected chi connectivity index (χ3v) is 4.43. The molecular formula is C15H23N3O3. The maximum absolute atomic E-state index is 12.5. The highest BCUT2D eigenvalue weighted by Gasteiger charge is 2.41. The Kier molecular flexibility index (Phi) is 4.34. The van der Waals surface area contributed by atoms with Gasteiger partial charge in [0.15, 0.2) is 0 Å². The van der Waals surface area contributed by atoms with E-state index in [0.717, 1.165) is 6.42 Å². The Morgan fingerprint density at radius 3 is 2.43 bits per heavy atom. The van der Waals surface area contributed by atoms with Gasteiger partial charge in [-0.2, -0.15) is 5.10 Å². The molecule has 0 aliphatic carbocycles. The summed E-state index contributed by atoms with van der Waals surface area (Å²) < 4.78 is 1.63. The smallest absolute Gasteiger partial charge is 0.309 e. The molecule has 1 fully saturated rings. The molecule has 1 aliphatic heterocycles. The van der Waals surface area contributed by atoms with E-state index in [4.69, 9.17) is 0 Å². The predicted molar refractivity (Wildman–Crippen MR) is 78.1 cm³/mol. The van der Waals surface area contributed by atoms with Crippen molar-refractivity contribution in [3.05, 3.63) is 17.5 Å². The van der Waals surface area contributed by atoms with Gasteiger partial charge >= 0.3 is 5.97 Å². The van der Waals surface area contributed by atoms with Crippen molar-refractivity contribution in [2.24, 2.45) is 12.5 Å². The van der Waals surface area contributed by atoms with Gasteiger partial charge in [-0.15, -0.1) is 0 Å². The van der Waals surface area contributed by atoms with Gasteiger partial charge < -0.3 is 10.0 Å². The van der Waals surface area contributed by atoms with Crippen molar-refractivity contribution in [1.82, 2.24) is 14.7 Å². The standard InChI is InChI=1S/C15H23N3O3/c1-4-5-15(14(20)21)6-8-18(9-7-15)13(19)12-10-17(3)16-11(12)2/h10H,4-9H2,1-3H3,(H,20,21). The molecule has 6 nitrogen and oxygen atoms in total. The van der Waals surface area contributed by atoms with Crippen LogP contribution in [-0.2, 0) is 11.8 Å². The summed E-state index contributed by atoms with van der Waals surface area (Å²) in [7, 11) is 1.79. The molecule has 0 atom stereocenters. The first-order valence-electron chi connectivity index (χ1n) is 7.42. The molecule has 0 radical (unpaired) electrons. The molecule has 0 aromatic carbocycles. The molecule has 2 rings (SSSR count). The molecule has 21 heavy (non-hydrogen) atoms. The molecule has 1 aliphatic rings. The van der Waals surface area contributed by atoms with E-state index >= 15 is 0 Å². The molecule has 1 aromatic heterocycles. The number of amides is 1. The predicted octanol–water partition coefficient (Wildman–Crippen LogP) is 1.84. The highest BCUT2D eigenvalue weighted by Crippen LogP contribution is 2.36. The Balaban J connectivity index is 2.08. The second-order valence-corrected chi connectivity index (χ2v) is 5.93. The Morgan fingerprint density at radius 2 is 2.00 bits per heavy atom. The van der Waals surface area contributed by atoms with Crippen LogP contribution in [-0.4, -0.2) is 44.8 Å². The molecule has 0 spiro atoms. The summed E-state index contributed by atoms with van der Waals surface area (Å²) in [5.41, 5.74) is 0.664. The van der Waals surface area contributed by atoms with Gasteiger partial charge in [-0.05, 0) is 26.2 Å². The maximum atomic E-state index is 12.5. The van der Waals surface area contributed by atoms with Crippen LogP contribution in [0.2, 0.25) is 0 Å². The number of carbonyl (C=O) groups excluding carboxylic acids is 1. The van der Waals surface area contributed by atoms with Gasteiger partial charge in [0.25, 0.3) is 5.91 Å². The number of hydrogen-bond donors (Lipinski definition) is 1. The lowest BCUT2D eigenvalue weighted by atomic mass is 9.75. The van der Waals surface area contributed by atoms with E-state index in [9.17, 15) is 14.7 Å². The van der Waals surface area contributed by atoms with Crippen LogP contribution in [0.1, 0.15) is 48.7 Å². The summed E-state index contributed by atoms with van der Waals surface area (Å²) in [6, 6.07) is 0. The number of aromatic nitrogens is 2. The molecule has 1 saturated heterocycles. The van der Waals surface area contributed by atoms with Crippen molar-refractivity contribution in [2.45, 2.75) is 39.5 Å². The van der Waals surface area contributed by atoms with Crippen LogP contribution in [0, 0.1) is 12.3 Å². The number of carboxylic acid groups (broad SMARTS) is 1. The minimum absolute atomic E-state index is 0.0453. The number of piperidine rings is 1. The monoisotopic (exact) mass is 293 g/mol. The average molecular weight is 293 g/mol. The fraction of sp³-hybridized carbons (Fsp3) is 0.667. The molecule has 6 heteroatoms. The third kappa shape index (κ3) is 2.94. The van der Waals surface area contributed by atoms with E-state index in [1.807, 2.05) is 13.8 Å². The normalized spacial score (nSPS) is 17.8. The molecule has 0 saturated carbocycles. The number of nitrogens with zero attached hydrogens (tertiary/aromatic N) is 3. The number of aryl methyl sites for hydroxylation is 2. The number of hydrogen-bond acceptors (Lipinski definition) is 3. The number of carbonyl (C=O) groups is 2. The second kappa shape index (κ2) is 5.87. The van der Waals surface area contributed by atoms with Crippen molar-refractivity contribution in [2.75, 3.05) is 13.1 Å². The Hall–Kier alpha value is -1.85. The molecule has 0 bridgehead atoms. The molecule has 1 amide bonds. The first-order valence-corrected chi connectivity index (χ1v) is 7.42. The molecule has 0 unspecified atom stereocenters. The average Bonchev–Trinajstić information content (AvgIpc) is 2.78. The van der Waals surface area contributed by atoms with Crippen LogP contribution in [0.25, 0.3) is 0 Å². The van der Waals surface area contributed by atoms with Gasteiger partial charge in [-0.3, -0.25) is 14.3 Å². The van der Waals surface area contributed by atoms with E-state index in [1.54, 1.807) is 22.8 Å².